The van der Waals surface area contributed by atoms with Gasteiger partial charge in [-0.05, 0) is 44.7 Å². The average molecular weight is 336 g/mol. The van der Waals surface area contributed by atoms with Crippen molar-refractivity contribution in [2.75, 3.05) is 0 Å². The molecule has 0 atom stereocenters. The minimum Gasteiger partial charge on any atom is -0.340 e. The summed E-state index contributed by atoms with van der Waals surface area (Å²) in [4.78, 5) is 8.38. The third kappa shape index (κ3) is 3.06. The van der Waals surface area contributed by atoms with Crippen LogP contribution < -0.4 is 0 Å². The molecule has 132 valence electrons. The van der Waals surface area contributed by atoms with Crippen molar-refractivity contribution in [3.8, 4) is 11.3 Å². The van der Waals surface area contributed by atoms with E-state index in [-0.39, 0.29) is 0 Å². The third-order valence-electron chi connectivity index (χ3n) is 5.11. The van der Waals surface area contributed by atoms with Gasteiger partial charge in [0, 0.05) is 17.9 Å². The Hall–Kier alpha value is -2.23. The molecule has 2 aromatic heterocycles. The molecule has 0 radical (unpaired) electrons. The lowest BCUT2D eigenvalue weighted by Crippen LogP contribution is -2.04. The number of aromatic nitrogens is 4. The van der Waals surface area contributed by atoms with Gasteiger partial charge in [0.1, 0.15) is 17.0 Å². The number of hydrogen-bond acceptors (Lipinski definition) is 3. The number of imidazole rings is 1. The van der Waals surface area contributed by atoms with Gasteiger partial charge in [0.2, 0.25) is 0 Å². The maximum Gasteiger partial charge on any atom is 0.121 e. The zero-order valence-electron chi connectivity index (χ0n) is 16.2. The van der Waals surface area contributed by atoms with Gasteiger partial charge in [0.15, 0.2) is 0 Å². The van der Waals surface area contributed by atoms with Crippen LogP contribution in [0.2, 0.25) is 0 Å². The molecule has 4 nitrogen and oxygen atoms in total. The highest BCUT2D eigenvalue weighted by atomic mass is 15.1. The Bertz CT molecular complexity index is 881. The zero-order valence-corrected chi connectivity index (χ0v) is 16.2. The van der Waals surface area contributed by atoms with Crippen LogP contribution in [0.15, 0.2) is 12.1 Å². The first-order chi connectivity index (χ1) is 12.0. The van der Waals surface area contributed by atoms with Gasteiger partial charge in [-0.3, -0.25) is 0 Å². The second-order valence-electron chi connectivity index (χ2n) is 6.98. The Labute approximate surface area is 150 Å². The van der Waals surface area contributed by atoms with Crippen molar-refractivity contribution in [1.82, 2.24) is 20.2 Å². The van der Waals surface area contributed by atoms with Crippen molar-refractivity contribution in [2.24, 2.45) is 0 Å². The standard InChI is InChI=1S/C21H28N4/c1-7-15(8-2)18-20-21(23-16(9-3)22-20)19(25-24-18)17-13(5)10-12(4)11-14(17)6/h10-11,15H,7-9H2,1-6H3,(H,22,23). The monoisotopic (exact) mass is 336 g/mol. The molecule has 0 saturated heterocycles. The van der Waals surface area contributed by atoms with Crippen LogP contribution in [-0.2, 0) is 6.42 Å². The van der Waals surface area contributed by atoms with E-state index >= 15 is 0 Å². The first-order valence-corrected chi connectivity index (χ1v) is 9.33. The topological polar surface area (TPSA) is 54.5 Å². The zero-order chi connectivity index (χ0) is 18.1. The Morgan fingerprint density at radius 2 is 1.60 bits per heavy atom. The van der Waals surface area contributed by atoms with Crippen LogP contribution in [0.1, 0.15) is 67.7 Å². The van der Waals surface area contributed by atoms with Crippen LogP contribution in [0.4, 0.5) is 0 Å². The summed E-state index contributed by atoms with van der Waals surface area (Å²) in [6.07, 6.45) is 2.99. The molecule has 0 amide bonds. The van der Waals surface area contributed by atoms with Gasteiger partial charge in [0.05, 0.1) is 11.2 Å². The number of hydrogen-bond donors (Lipinski definition) is 1. The van der Waals surface area contributed by atoms with E-state index < -0.39 is 0 Å². The van der Waals surface area contributed by atoms with E-state index in [4.69, 9.17) is 4.98 Å². The summed E-state index contributed by atoms with van der Waals surface area (Å²) in [5.74, 6) is 1.41. The van der Waals surface area contributed by atoms with E-state index in [1.165, 1.54) is 16.7 Å². The Balaban J connectivity index is 2.32. The van der Waals surface area contributed by atoms with Crippen LogP contribution in [0, 0.1) is 20.8 Å². The van der Waals surface area contributed by atoms with Gasteiger partial charge >= 0.3 is 0 Å². The second-order valence-corrected chi connectivity index (χ2v) is 6.98. The number of nitrogens with zero attached hydrogens (tertiary/aromatic N) is 3. The predicted molar refractivity (Wildman–Crippen MR) is 104 cm³/mol. The van der Waals surface area contributed by atoms with E-state index in [1.807, 2.05) is 0 Å². The number of fused-ring (bicyclic) bond motifs is 1. The number of benzene rings is 1. The second kappa shape index (κ2) is 6.95. The van der Waals surface area contributed by atoms with E-state index in [9.17, 15) is 0 Å². The normalized spacial score (nSPS) is 11.6. The van der Waals surface area contributed by atoms with Gasteiger partial charge < -0.3 is 4.98 Å². The summed E-state index contributed by atoms with van der Waals surface area (Å²) in [7, 11) is 0. The Morgan fingerprint density at radius 3 is 2.16 bits per heavy atom. The number of H-pyrrole nitrogens is 1. The fourth-order valence-corrected chi connectivity index (χ4v) is 3.83. The van der Waals surface area contributed by atoms with Crippen LogP contribution in [0.25, 0.3) is 22.3 Å². The van der Waals surface area contributed by atoms with E-state index in [1.54, 1.807) is 0 Å². The van der Waals surface area contributed by atoms with Crippen LogP contribution in [0.5, 0.6) is 0 Å². The van der Waals surface area contributed by atoms with Crippen molar-refractivity contribution in [3.63, 3.8) is 0 Å². The van der Waals surface area contributed by atoms with Gasteiger partial charge in [-0.2, -0.15) is 5.10 Å². The number of aromatic amines is 1. The van der Waals surface area contributed by atoms with Crippen LogP contribution >= 0.6 is 0 Å². The molecule has 2 heterocycles. The van der Waals surface area contributed by atoms with Crippen molar-refractivity contribution in [1.29, 1.82) is 0 Å². The highest BCUT2D eigenvalue weighted by molar-refractivity contribution is 5.92. The fraction of sp³-hybridized carbons (Fsp3) is 0.476. The molecule has 0 aliphatic rings. The number of rotatable bonds is 5. The predicted octanol–water partition coefficient (Wildman–Crippen LogP) is 5.41. The molecule has 0 aliphatic carbocycles. The molecule has 0 saturated carbocycles. The van der Waals surface area contributed by atoms with E-state index in [2.05, 4.69) is 68.9 Å². The first-order valence-electron chi connectivity index (χ1n) is 9.33. The smallest absolute Gasteiger partial charge is 0.121 e. The molecule has 1 aromatic carbocycles. The molecule has 0 spiro atoms. The van der Waals surface area contributed by atoms with Crippen molar-refractivity contribution >= 4 is 11.0 Å². The molecule has 3 aromatic rings. The molecule has 0 unspecified atom stereocenters. The highest BCUT2D eigenvalue weighted by Gasteiger charge is 2.21. The summed E-state index contributed by atoms with van der Waals surface area (Å²) in [5, 5.41) is 9.32. The number of aryl methyl sites for hydroxylation is 4. The maximum atomic E-state index is 4.87. The van der Waals surface area contributed by atoms with Crippen LogP contribution in [0.3, 0.4) is 0 Å². The Kier molecular flexibility index (Phi) is 4.89. The average Bonchev–Trinajstić information content (AvgIpc) is 3.01. The van der Waals surface area contributed by atoms with Gasteiger partial charge in [-0.15, -0.1) is 5.10 Å². The molecule has 0 aliphatic heterocycles. The lowest BCUT2D eigenvalue weighted by molar-refractivity contribution is 0.618. The lowest BCUT2D eigenvalue weighted by atomic mass is 9.94. The molecule has 25 heavy (non-hydrogen) atoms. The summed E-state index contributed by atoms with van der Waals surface area (Å²) < 4.78 is 0. The fourth-order valence-electron chi connectivity index (χ4n) is 3.83. The first kappa shape index (κ1) is 17.6. The van der Waals surface area contributed by atoms with Crippen LogP contribution in [-0.4, -0.2) is 20.2 Å². The molecule has 0 bridgehead atoms. The van der Waals surface area contributed by atoms with E-state index in [0.717, 1.165) is 53.1 Å². The summed E-state index contributed by atoms with van der Waals surface area (Å²) in [5.41, 5.74) is 8.86. The van der Waals surface area contributed by atoms with Crippen molar-refractivity contribution in [2.45, 2.75) is 66.7 Å². The highest BCUT2D eigenvalue weighted by Crippen LogP contribution is 2.34. The van der Waals surface area contributed by atoms with Gasteiger partial charge in [-0.1, -0.05) is 38.5 Å². The molecular weight excluding hydrogens is 308 g/mol. The maximum absolute atomic E-state index is 4.87. The van der Waals surface area contributed by atoms with Gasteiger partial charge in [0.25, 0.3) is 0 Å². The van der Waals surface area contributed by atoms with E-state index in [0.29, 0.717) is 5.92 Å². The minimum absolute atomic E-state index is 0.411. The summed E-state index contributed by atoms with van der Waals surface area (Å²) in [6.45, 7) is 13.0. The molecule has 1 N–H and O–H groups in total. The molecule has 3 rings (SSSR count). The molecule has 0 fully saturated rings. The van der Waals surface area contributed by atoms with Gasteiger partial charge in [-0.25, -0.2) is 4.98 Å². The summed E-state index contributed by atoms with van der Waals surface area (Å²) >= 11 is 0. The Morgan fingerprint density at radius 1 is 0.960 bits per heavy atom. The third-order valence-corrected chi connectivity index (χ3v) is 5.11. The lowest BCUT2D eigenvalue weighted by Gasteiger charge is -2.15. The minimum atomic E-state index is 0.411. The quantitative estimate of drug-likeness (QED) is 0.677. The number of nitrogens with one attached hydrogen (secondary N) is 1. The summed E-state index contributed by atoms with van der Waals surface area (Å²) in [6, 6.07) is 4.41. The SMILES string of the molecule is CCc1nc2c(-c3c(C)cc(C)cc3C)nnc(C(CC)CC)c2[nH]1. The molecular formula is C21H28N4. The largest absolute Gasteiger partial charge is 0.340 e. The van der Waals surface area contributed by atoms with Crippen molar-refractivity contribution < 1.29 is 0 Å². The molecule has 4 heteroatoms. The van der Waals surface area contributed by atoms with Crippen molar-refractivity contribution in [3.05, 3.63) is 40.3 Å².